The van der Waals surface area contributed by atoms with Crippen molar-refractivity contribution in [2.45, 2.75) is 39.7 Å². The molecule has 3 nitrogen and oxygen atoms in total. The van der Waals surface area contributed by atoms with Gasteiger partial charge < -0.3 is 11.1 Å². The highest BCUT2D eigenvalue weighted by Gasteiger charge is 2.07. The first-order chi connectivity index (χ1) is 8.00. The highest BCUT2D eigenvalue weighted by Crippen LogP contribution is 2.18. The Morgan fingerprint density at radius 3 is 2.76 bits per heavy atom. The van der Waals surface area contributed by atoms with Crippen molar-refractivity contribution < 1.29 is 4.79 Å². The largest absolute Gasteiger partial charge is 0.370 e. The fourth-order valence-electron chi connectivity index (χ4n) is 1.92. The molecule has 1 rings (SSSR count). The summed E-state index contributed by atoms with van der Waals surface area (Å²) in [5, 5.41) is 3.41. The van der Waals surface area contributed by atoms with Crippen molar-refractivity contribution >= 4 is 5.91 Å². The van der Waals surface area contributed by atoms with Crippen LogP contribution in [0.2, 0.25) is 0 Å². The van der Waals surface area contributed by atoms with Gasteiger partial charge in [0.1, 0.15) is 0 Å². The first kappa shape index (κ1) is 13.7. The van der Waals surface area contributed by atoms with E-state index in [0.717, 1.165) is 13.0 Å². The first-order valence-corrected chi connectivity index (χ1v) is 6.09. The van der Waals surface area contributed by atoms with E-state index in [2.05, 4.69) is 44.3 Å². The van der Waals surface area contributed by atoms with Gasteiger partial charge >= 0.3 is 0 Å². The van der Waals surface area contributed by atoms with Crippen LogP contribution in [0.5, 0.6) is 0 Å². The van der Waals surface area contributed by atoms with Gasteiger partial charge in [-0.2, -0.15) is 0 Å². The number of hydrogen-bond acceptors (Lipinski definition) is 2. The Balaban J connectivity index is 2.49. The van der Waals surface area contributed by atoms with Crippen molar-refractivity contribution in [1.82, 2.24) is 5.32 Å². The fourth-order valence-corrected chi connectivity index (χ4v) is 1.92. The lowest BCUT2D eigenvalue weighted by Gasteiger charge is -2.17. The van der Waals surface area contributed by atoms with E-state index in [1.54, 1.807) is 0 Å². The number of hydrogen-bond donors (Lipinski definition) is 2. The Kier molecular flexibility index (Phi) is 5.16. The molecule has 0 saturated heterocycles. The van der Waals surface area contributed by atoms with Gasteiger partial charge in [-0.25, -0.2) is 0 Å². The van der Waals surface area contributed by atoms with Gasteiger partial charge in [-0.1, -0.05) is 23.8 Å². The first-order valence-electron chi connectivity index (χ1n) is 6.09. The SMILES string of the molecule is Cc1ccc(C)c(C(C)NCCCC(N)=O)c1. The Bertz CT molecular complexity index is 388. The molecule has 94 valence electrons. The molecule has 3 heteroatoms. The van der Waals surface area contributed by atoms with Crippen molar-refractivity contribution in [2.75, 3.05) is 6.54 Å². The van der Waals surface area contributed by atoms with E-state index in [4.69, 9.17) is 5.73 Å². The average molecular weight is 234 g/mol. The quantitative estimate of drug-likeness (QED) is 0.741. The molecule has 0 aliphatic heterocycles. The molecule has 0 radical (unpaired) electrons. The van der Waals surface area contributed by atoms with Crippen LogP contribution in [0.15, 0.2) is 18.2 Å². The highest BCUT2D eigenvalue weighted by molar-refractivity contribution is 5.73. The van der Waals surface area contributed by atoms with Crippen LogP contribution in [0.25, 0.3) is 0 Å². The second-order valence-corrected chi connectivity index (χ2v) is 4.61. The zero-order chi connectivity index (χ0) is 12.8. The van der Waals surface area contributed by atoms with E-state index in [-0.39, 0.29) is 5.91 Å². The second kappa shape index (κ2) is 6.40. The minimum Gasteiger partial charge on any atom is -0.370 e. The molecule has 17 heavy (non-hydrogen) atoms. The zero-order valence-corrected chi connectivity index (χ0v) is 10.9. The van der Waals surface area contributed by atoms with Crippen molar-refractivity contribution in [3.63, 3.8) is 0 Å². The minimum absolute atomic E-state index is 0.230. The van der Waals surface area contributed by atoms with Crippen LogP contribution in [0.1, 0.15) is 42.5 Å². The van der Waals surface area contributed by atoms with E-state index in [9.17, 15) is 4.79 Å². The lowest BCUT2D eigenvalue weighted by atomic mass is 10.00. The second-order valence-electron chi connectivity index (χ2n) is 4.61. The summed E-state index contributed by atoms with van der Waals surface area (Å²) >= 11 is 0. The average Bonchev–Trinajstić information content (AvgIpc) is 2.27. The van der Waals surface area contributed by atoms with Gasteiger partial charge in [0.2, 0.25) is 5.91 Å². The van der Waals surface area contributed by atoms with Crippen molar-refractivity contribution in [1.29, 1.82) is 0 Å². The maximum atomic E-state index is 10.6. The van der Waals surface area contributed by atoms with Gasteiger partial charge in [0, 0.05) is 12.5 Å². The van der Waals surface area contributed by atoms with E-state index >= 15 is 0 Å². The third-order valence-electron chi connectivity index (χ3n) is 2.95. The zero-order valence-electron chi connectivity index (χ0n) is 10.9. The molecule has 3 N–H and O–H groups in total. The van der Waals surface area contributed by atoms with Crippen molar-refractivity contribution in [3.05, 3.63) is 34.9 Å². The number of carbonyl (C=O) groups excluding carboxylic acids is 1. The van der Waals surface area contributed by atoms with Crippen molar-refractivity contribution in [2.24, 2.45) is 5.73 Å². The number of carbonyl (C=O) groups is 1. The molecular formula is C14H22N2O. The molecule has 1 aromatic carbocycles. The summed E-state index contributed by atoms with van der Waals surface area (Å²) < 4.78 is 0. The molecule has 1 unspecified atom stereocenters. The van der Waals surface area contributed by atoms with Gasteiger partial charge in [-0.15, -0.1) is 0 Å². The van der Waals surface area contributed by atoms with E-state index in [1.165, 1.54) is 16.7 Å². The Hall–Kier alpha value is -1.35. The molecule has 0 aliphatic carbocycles. The minimum atomic E-state index is -0.230. The van der Waals surface area contributed by atoms with Crippen LogP contribution in [-0.4, -0.2) is 12.5 Å². The number of rotatable bonds is 6. The summed E-state index contributed by atoms with van der Waals surface area (Å²) in [6, 6.07) is 6.79. The maximum Gasteiger partial charge on any atom is 0.217 e. The summed E-state index contributed by atoms with van der Waals surface area (Å²) in [5.74, 6) is -0.230. The molecule has 0 spiro atoms. The number of benzene rings is 1. The lowest BCUT2D eigenvalue weighted by Crippen LogP contribution is -2.22. The van der Waals surface area contributed by atoms with Crippen LogP contribution in [0.3, 0.4) is 0 Å². The maximum absolute atomic E-state index is 10.6. The van der Waals surface area contributed by atoms with Crippen LogP contribution in [0.4, 0.5) is 0 Å². The van der Waals surface area contributed by atoms with Crippen LogP contribution >= 0.6 is 0 Å². The third kappa shape index (κ3) is 4.57. The number of nitrogens with one attached hydrogen (secondary N) is 1. The molecule has 0 aromatic heterocycles. The van der Waals surface area contributed by atoms with E-state index < -0.39 is 0 Å². The van der Waals surface area contributed by atoms with E-state index in [0.29, 0.717) is 12.5 Å². The van der Waals surface area contributed by atoms with Gasteiger partial charge in [0.25, 0.3) is 0 Å². The van der Waals surface area contributed by atoms with Crippen LogP contribution < -0.4 is 11.1 Å². The monoisotopic (exact) mass is 234 g/mol. The Morgan fingerprint density at radius 1 is 1.41 bits per heavy atom. The lowest BCUT2D eigenvalue weighted by molar-refractivity contribution is -0.118. The number of aryl methyl sites for hydroxylation is 2. The smallest absolute Gasteiger partial charge is 0.217 e. The predicted molar refractivity (Wildman–Crippen MR) is 70.8 cm³/mol. The Morgan fingerprint density at radius 2 is 2.12 bits per heavy atom. The fraction of sp³-hybridized carbons (Fsp3) is 0.500. The molecular weight excluding hydrogens is 212 g/mol. The molecule has 1 aromatic rings. The summed E-state index contributed by atoms with van der Waals surface area (Å²) in [5.41, 5.74) is 8.99. The summed E-state index contributed by atoms with van der Waals surface area (Å²) in [6.45, 7) is 7.18. The molecule has 0 saturated carbocycles. The summed E-state index contributed by atoms with van der Waals surface area (Å²) in [4.78, 5) is 10.6. The molecule has 0 heterocycles. The van der Waals surface area contributed by atoms with Crippen LogP contribution in [-0.2, 0) is 4.79 Å². The van der Waals surface area contributed by atoms with Gasteiger partial charge in [-0.05, 0) is 44.9 Å². The summed E-state index contributed by atoms with van der Waals surface area (Å²) in [6.07, 6.45) is 1.25. The third-order valence-corrected chi connectivity index (χ3v) is 2.95. The van der Waals surface area contributed by atoms with Gasteiger partial charge in [0.15, 0.2) is 0 Å². The van der Waals surface area contributed by atoms with Gasteiger partial charge in [0.05, 0.1) is 0 Å². The van der Waals surface area contributed by atoms with Crippen molar-refractivity contribution in [3.8, 4) is 0 Å². The Labute approximate surface area is 103 Å². The molecule has 0 bridgehead atoms. The predicted octanol–water partition coefficient (Wildman–Crippen LogP) is 2.22. The topological polar surface area (TPSA) is 55.1 Å². The number of amides is 1. The van der Waals surface area contributed by atoms with E-state index in [1.807, 2.05) is 0 Å². The normalized spacial score (nSPS) is 12.4. The number of primary amides is 1. The highest BCUT2D eigenvalue weighted by atomic mass is 16.1. The molecule has 0 aliphatic rings. The number of nitrogens with two attached hydrogens (primary N) is 1. The standard InChI is InChI=1S/C14H22N2O/c1-10-6-7-11(2)13(9-10)12(3)16-8-4-5-14(15)17/h6-7,9,12,16H,4-5,8H2,1-3H3,(H2,15,17). The molecule has 0 fully saturated rings. The molecule has 1 atom stereocenters. The molecule has 1 amide bonds. The summed E-state index contributed by atoms with van der Waals surface area (Å²) in [7, 11) is 0. The van der Waals surface area contributed by atoms with Crippen LogP contribution in [0, 0.1) is 13.8 Å². The van der Waals surface area contributed by atoms with Gasteiger partial charge in [-0.3, -0.25) is 4.79 Å².